The lowest BCUT2D eigenvalue weighted by molar-refractivity contribution is 0.701. The Kier molecular flexibility index (Phi) is 19.3. The zero-order chi connectivity index (χ0) is 8.95. The van der Waals surface area contributed by atoms with E-state index in [-0.39, 0.29) is 0 Å². The van der Waals surface area contributed by atoms with E-state index < -0.39 is 0 Å². The molecule has 0 aromatic heterocycles. The van der Waals surface area contributed by atoms with Crippen LogP contribution in [0, 0.1) is 0 Å². The monoisotopic (exact) mass is 155 g/mol. The lowest BCUT2D eigenvalue weighted by atomic mass is 10.3. The molecule has 1 nitrogen and oxygen atoms in total. The highest BCUT2D eigenvalue weighted by atomic mass is 14.8. The molecule has 1 heteroatoms. The molecular formula is C10H21N. The fraction of sp³-hybridized carbons (Fsp3) is 0.600. The molecule has 0 aromatic carbocycles. The van der Waals surface area contributed by atoms with E-state index in [9.17, 15) is 0 Å². The third kappa shape index (κ3) is 17.7. The Hall–Kier alpha value is -0.560. The molecule has 0 aliphatic carbocycles. The molecule has 0 spiro atoms. The Bertz CT molecular complexity index is 66.9. The predicted molar refractivity (Wildman–Crippen MR) is 53.8 cm³/mol. The van der Waals surface area contributed by atoms with Gasteiger partial charge in [0.2, 0.25) is 0 Å². The van der Waals surface area contributed by atoms with Crippen LogP contribution in [0.3, 0.4) is 0 Å². The molecule has 0 unspecified atom stereocenters. The van der Waals surface area contributed by atoms with Gasteiger partial charge >= 0.3 is 0 Å². The molecule has 0 heterocycles. The zero-order valence-corrected chi connectivity index (χ0v) is 7.90. The van der Waals surface area contributed by atoms with Crippen LogP contribution in [0.2, 0.25) is 0 Å². The van der Waals surface area contributed by atoms with Gasteiger partial charge in [0.05, 0.1) is 0 Å². The molecule has 66 valence electrons. The van der Waals surface area contributed by atoms with Crippen LogP contribution in [-0.4, -0.2) is 13.1 Å². The highest BCUT2D eigenvalue weighted by Gasteiger charge is 1.80. The first-order valence-electron chi connectivity index (χ1n) is 4.34. The Morgan fingerprint density at radius 2 is 1.82 bits per heavy atom. The molecule has 0 saturated carbocycles. The minimum Gasteiger partial charge on any atom is -0.313 e. The van der Waals surface area contributed by atoms with Crippen molar-refractivity contribution < 1.29 is 0 Å². The fourth-order valence-corrected chi connectivity index (χ4v) is 0.576. The average molecular weight is 155 g/mol. The number of allylic oxidation sites excluding steroid dienone is 1. The molecule has 0 rings (SSSR count). The van der Waals surface area contributed by atoms with Crippen molar-refractivity contribution in [1.82, 2.24) is 5.32 Å². The Labute approximate surface area is 71.2 Å². The van der Waals surface area contributed by atoms with Crippen molar-refractivity contribution in [2.75, 3.05) is 13.1 Å². The van der Waals surface area contributed by atoms with Crippen LogP contribution in [0.15, 0.2) is 25.3 Å². The van der Waals surface area contributed by atoms with Crippen molar-refractivity contribution in [2.24, 2.45) is 0 Å². The van der Waals surface area contributed by atoms with Crippen LogP contribution >= 0.6 is 0 Å². The molecule has 0 bridgehead atoms. The number of unbranched alkanes of at least 4 members (excludes halogenated alkanes) is 1. The minimum atomic E-state index is 0.914. The van der Waals surface area contributed by atoms with Crippen molar-refractivity contribution >= 4 is 0 Å². The maximum absolute atomic E-state index is 3.63. The zero-order valence-electron chi connectivity index (χ0n) is 7.90. The first-order chi connectivity index (χ1) is 5.41. The highest BCUT2D eigenvalue weighted by Crippen LogP contribution is 1.84. The molecule has 0 aliphatic heterocycles. The number of hydrogen-bond acceptors (Lipinski definition) is 1. The van der Waals surface area contributed by atoms with E-state index in [1.54, 1.807) is 0 Å². The van der Waals surface area contributed by atoms with Gasteiger partial charge in [-0.3, -0.25) is 0 Å². The SMILES string of the molecule is C=CCCCNCC=C.CC. The molecule has 11 heavy (non-hydrogen) atoms. The molecular weight excluding hydrogens is 134 g/mol. The van der Waals surface area contributed by atoms with Gasteiger partial charge in [-0.1, -0.05) is 26.0 Å². The smallest absolute Gasteiger partial charge is 0.0132 e. The van der Waals surface area contributed by atoms with Gasteiger partial charge in [-0.15, -0.1) is 13.2 Å². The summed E-state index contributed by atoms with van der Waals surface area (Å²) in [6.07, 6.45) is 6.09. The first-order valence-corrected chi connectivity index (χ1v) is 4.34. The normalized spacial score (nSPS) is 7.82. The molecule has 0 saturated heterocycles. The maximum atomic E-state index is 3.63. The van der Waals surface area contributed by atoms with Gasteiger partial charge in [-0.05, 0) is 19.4 Å². The molecule has 0 radical (unpaired) electrons. The summed E-state index contributed by atoms with van der Waals surface area (Å²) in [6, 6.07) is 0. The van der Waals surface area contributed by atoms with Crippen LogP contribution in [0.4, 0.5) is 0 Å². The third-order valence-corrected chi connectivity index (χ3v) is 1.05. The Balaban J connectivity index is 0. The van der Waals surface area contributed by atoms with Gasteiger partial charge in [0.1, 0.15) is 0 Å². The van der Waals surface area contributed by atoms with Crippen molar-refractivity contribution in [2.45, 2.75) is 26.7 Å². The van der Waals surface area contributed by atoms with Crippen LogP contribution in [0.1, 0.15) is 26.7 Å². The average Bonchev–Trinajstić information content (AvgIpc) is 2.08. The maximum Gasteiger partial charge on any atom is 0.0132 e. The molecule has 0 aromatic rings. The van der Waals surface area contributed by atoms with Crippen LogP contribution in [0.5, 0.6) is 0 Å². The number of rotatable bonds is 6. The van der Waals surface area contributed by atoms with E-state index in [0.717, 1.165) is 19.5 Å². The second kappa shape index (κ2) is 16.2. The van der Waals surface area contributed by atoms with Crippen LogP contribution in [-0.2, 0) is 0 Å². The van der Waals surface area contributed by atoms with Gasteiger partial charge in [0.25, 0.3) is 0 Å². The summed E-state index contributed by atoms with van der Waals surface area (Å²) >= 11 is 0. The lowest BCUT2D eigenvalue weighted by Gasteiger charge is -1.96. The largest absolute Gasteiger partial charge is 0.313 e. The number of hydrogen-bond donors (Lipinski definition) is 1. The lowest BCUT2D eigenvalue weighted by Crippen LogP contribution is -2.14. The molecule has 1 N–H and O–H groups in total. The second-order valence-electron chi connectivity index (χ2n) is 1.92. The van der Waals surface area contributed by atoms with Crippen molar-refractivity contribution in [3.05, 3.63) is 25.3 Å². The van der Waals surface area contributed by atoms with E-state index in [2.05, 4.69) is 18.5 Å². The quantitative estimate of drug-likeness (QED) is 0.459. The summed E-state index contributed by atoms with van der Waals surface area (Å²) in [5, 5.41) is 3.20. The van der Waals surface area contributed by atoms with Gasteiger partial charge in [0.15, 0.2) is 0 Å². The van der Waals surface area contributed by atoms with Crippen molar-refractivity contribution in [3.8, 4) is 0 Å². The first kappa shape index (κ1) is 13.1. The Morgan fingerprint density at radius 3 is 2.27 bits per heavy atom. The van der Waals surface area contributed by atoms with Crippen LogP contribution in [0.25, 0.3) is 0 Å². The fourth-order valence-electron chi connectivity index (χ4n) is 0.576. The molecule has 0 aliphatic rings. The van der Waals surface area contributed by atoms with E-state index >= 15 is 0 Å². The summed E-state index contributed by atoms with van der Waals surface area (Å²) in [7, 11) is 0. The molecule has 0 fully saturated rings. The third-order valence-electron chi connectivity index (χ3n) is 1.05. The summed E-state index contributed by atoms with van der Waals surface area (Å²) in [5.74, 6) is 0. The van der Waals surface area contributed by atoms with Gasteiger partial charge in [-0.2, -0.15) is 0 Å². The second-order valence-corrected chi connectivity index (χ2v) is 1.92. The molecule has 0 amide bonds. The van der Waals surface area contributed by atoms with E-state index in [1.807, 2.05) is 26.0 Å². The Morgan fingerprint density at radius 1 is 1.18 bits per heavy atom. The standard InChI is InChI=1S/C8H15N.C2H6/c1-3-5-6-8-9-7-4-2;1-2/h3-4,9H,1-2,5-8H2;1-2H3. The van der Waals surface area contributed by atoms with E-state index in [1.165, 1.54) is 6.42 Å². The highest BCUT2D eigenvalue weighted by molar-refractivity contribution is 4.71. The van der Waals surface area contributed by atoms with Gasteiger partial charge in [0, 0.05) is 6.54 Å². The predicted octanol–water partition coefficient (Wildman–Crippen LogP) is 2.75. The van der Waals surface area contributed by atoms with E-state index in [0.29, 0.717) is 0 Å². The van der Waals surface area contributed by atoms with Gasteiger partial charge < -0.3 is 5.32 Å². The van der Waals surface area contributed by atoms with Crippen LogP contribution < -0.4 is 5.32 Å². The summed E-state index contributed by atoms with van der Waals surface area (Å²) in [6.45, 7) is 13.2. The van der Waals surface area contributed by atoms with Gasteiger partial charge in [-0.25, -0.2) is 0 Å². The van der Waals surface area contributed by atoms with E-state index in [4.69, 9.17) is 0 Å². The topological polar surface area (TPSA) is 12.0 Å². The summed E-state index contributed by atoms with van der Waals surface area (Å²) in [5.41, 5.74) is 0. The molecule has 0 atom stereocenters. The number of nitrogens with one attached hydrogen (secondary N) is 1. The minimum absolute atomic E-state index is 0.914. The van der Waals surface area contributed by atoms with Crippen molar-refractivity contribution in [3.63, 3.8) is 0 Å². The summed E-state index contributed by atoms with van der Waals surface area (Å²) in [4.78, 5) is 0. The summed E-state index contributed by atoms with van der Waals surface area (Å²) < 4.78 is 0. The van der Waals surface area contributed by atoms with Crippen molar-refractivity contribution in [1.29, 1.82) is 0 Å².